The first kappa shape index (κ1) is 32.9. The molecule has 14 heteroatoms. The number of aromatic nitrogens is 3. The maximum atomic E-state index is 13.6. The van der Waals surface area contributed by atoms with Crippen molar-refractivity contribution in [3.8, 4) is 11.6 Å². The van der Waals surface area contributed by atoms with E-state index >= 15 is 0 Å². The molecule has 45 heavy (non-hydrogen) atoms. The number of nitrogens with one attached hydrogen (secondary N) is 1. The number of carboxylic acid groups (broad SMARTS) is 1. The highest BCUT2D eigenvalue weighted by Crippen LogP contribution is 2.32. The summed E-state index contributed by atoms with van der Waals surface area (Å²) in [5.74, 6) is -7.56. The topological polar surface area (TPSA) is 159 Å². The molecule has 0 saturated heterocycles. The number of amides is 1. The Kier molecular flexibility index (Phi) is 9.47. The number of fused-ring (bicyclic) bond motifs is 1. The third kappa shape index (κ3) is 6.75. The molecule has 4 N–H and O–H groups in total. The Balaban J connectivity index is 1.55. The van der Waals surface area contributed by atoms with Crippen LogP contribution < -0.4 is 15.8 Å². The lowest BCUT2D eigenvalue weighted by molar-refractivity contribution is -0.150. The van der Waals surface area contributed by atoms with E-state index < -0.39 is 71.7 Å². The lowest BCUT2D eigenvalue weighted by atomic mass is 9.85. The normalized spacial score (nSPS) is 13.8. The number of halogens is 3. The summed E-state index contributed by atoms with van der Waals surface area (Å²) in [6.45, 7) is 3.98. The first-order chi connectivity index (χ1) is 21.1. The van der Waals surface area contributed by atoms with Crippen LogP contribution in [0.5, 0.6) is 5.88 Å². The number of hydrogen-bond acceptors (Lipinski definition) is 7. The monoisotopic (exact) mass is 627 g/mol. The average Bonchev–Trinajstić information content (AvgIpc) is 3.54. The molecule has 0 spiro atoms. The van der Waals surface area contributed by atoms with Gasteiger partial charge in [0, 0.05) is 24.0 Å². The van der Waals surface area contributed by atoms with Crippen LogP contribution in [0.1, 0.15) is 35.6 Å². The summed E-state index contributed by atoms with van der Waals surface area (Å²) in [6, 6.07) is 12.3. The zero-order chi connectivity index (χ0) is 33.2. The number of hydrogen-bond donors (Lipinski definition) is 3. The number of para-hydroxylation sites is 2. The van der Waals surface area contributed by atoms with Gasteiger partial charge in [0.25, 0.3) is 5.91 Å². The number of ether oxygens (including phenoxy) is 1. The Hall–Kier alpha value is -4.98. The summed E-state index contributed by atoms with van der Waals surface area (Å²) in [5.41, 5.74) is 6.60. The highest BCUT2D eigenvalue weighted by atomic mass is 19.4. The van der Waals surface area contributed by atoms with Gasteiger partial charge in [-0.05, 0) is 36.6 Å². The molecule has 2 aromatic carbocycles. The quantitative estimate of drug-likeness (QED) is 0.201. The van der Waals surface area contributed by atoms with Crippen LogP contribution in [-0.4, -0.2) is 61.6 Å². The molecule has 3 atom stereocenters. The molecule has 2 aromatic heterocycles. The van der Waals surface area contributed by atoms with Gasteiger partial charge in [0.05, 0.1) is 17.8 Å². The second-order valence-corrected chi connectivity index (χ2v) is 10.9. The maximum Gasteiger partial charge on any atom is 0.435 e. The third-order valence-corrected chi connectivity index (χ3v) is 7.47. The molecular formula is C31H32F3N5O6. The van der Waals surface area contributed by atoms with Crippen LogP contribution in [-0.2, 0) is 27.6 Å². The maximum absolute atomic E-state index is 13.6. The van der Waals surface area contributed by atoms with Crippen molar-refractivity contribution in [1.82, 2.24) is 19.7 Å². The highest BCUT2D eigenvalue weighted by Gasteiger charge is 2.42. The van der Waals surface area contributed by atoms with E-state index in [-0.39, 0.29) is 11.4 Å². The lowest BCUT2D eigenvalue weighted by Crippen LogP contribution is -2.55. The first-order valence-corrected chi connectivity index (χ1v) is 13.9. The van der Waals surface area contributed by atoms with Crippen molar-refractivity contribution in [2.45, 2.75) is 39.0 Å². The number of aryl methyl sites for hydroxylation is 2. The van der Waals surface area contributed by atoms with Gasteiger partial charge in [-0.25, -0.2) is 4.68 Å². The summed E-state index contributed by atoms with van der Waals surface area (Å²) in [7, 11) is 1.69. The van der Waals surface area contributed by atoms with Crippen LogP contribution in [0.15, 0.2) is 60.7 Å². The number of Topliss-reactive ketones (excluding diaryl/α,β-unsaturated/α-hetero) is 2. The zero-order valence-electron chi connectivity index (χ0n) is 24.8. The fourth-order valence-corrected chi connectivity index (χ4v) is 5.11. The number of rotatable bonds is 12. The summed E-state index contributed by atoms with van der Waals surface area (Å²) >= 11 is 0. The van der Waals surface area contributed by atoms with Gasteiger partial charge >= 0.3 is 12.1 Å². The molecular weight excluding hydrogens is 595 g/mol. The lowest BCUT2D eigenvalue weighted by Gasteiger charge is -2.27. The Morgan fingerprint density at radius 1 is 1.04 bits per heavy atom. The van der Waals surface area contributed by atoms with Crippen molar-refractivity contribution in [2.24, 2.45) is 24.6 Å². The van der Waals surface area contributed by atoms with Crippen LogP contribution in [0.25, 0.3) is 16.6 Å². The van der Waals surface area contributed by atoms with E-state index in [9.17, 15) is 37.5 Å². The van der Waals surface area contributed by atoms with E-state index in [2.05, 4.69) is 10.4 Å². The van der Waals surface area contributed by atoms with E-state index in [1.807, 2.05) is 24.3 Å². The summed E-state index contributed by atoms with van der Waals surface area (Å²) in [6.07, 6.45) is -4.82. The third-order valence-electron chi connectivity index (χ3n) is 7.47. The molecule has 0 fully saturated rings. The molecule has 238 valence electrons. The minimum absolute atomic E-state index is 0.204. The Morgan fingerprint density at radius 3 is 2.24 bits per heavy atom. The number of ketones is 2. The average molecular weight is 628 g/mol. The molecule has 2 unspecified atom stereocenters. The van der Waals surface area contributed by atoms with Gasteiger partial charge in [0.15, 0.2) is 17.3 Å². The highest BCUT2D eigenvalue weighted by molar-refractivity contribution is 6.09. The van der Waals surface area contributed by atoms with E-state index in [0.29, 0.717) is 11.6 Å². The molecule has 4 rings (SSSR count). The van der Waals surface area contributed by atoms with Gasteiger partial charge in [-0.15, -0.1) is 0 Å². The van der Waals surface area contributed by atoms with Crippen molar-refractivity contribution in [1.29, 1.82) is 0 Å². The number of nitrogens with zero attached hydrogens (tertiary/aromatic N) is 3. The molecule has 11 nitrogen and oxygen atoms in total. The zero-order valence-corrected chi connectivity index (χ0v) is 24.8. The first-order valence-electron chi connectivity index (χ1n) is 13.9. The van der Waals surface area contributed by atoms with Crippen LogP contribution in [0.3, 0.4) is 0 Å². The van der Waals surface area contributed by atoms with Crippen molar-refractivity contribution >= 4 is 34.3 Å². The van der Waals surface area contributed by atoms with E-state index in [1.165, 1.54) is 12.1 Å². The van der Waals surface area contributed by atoms with Gasteiger partial charge in [-0.2, -0.15) is 18.3 Å². The summed E-state index contributed by atoms with van der Waals surface area (Å²) in [5, 5.41) is 16.9. The number of aliphatic carboxylic acids is 1. The fourth-order valence-electron chi connectivity index (χ4n) is 5.11. The minimum atomic E-state index is -4.82. The van der Waals surface area contributed by atoms with Crippen molar-refractivity contribution in [3.63, 3.8) is 0 Å². The Labute approximate surface area is 255 Å². The number of benzene rings is 2. The molecule has 0 bridgehead atoms. The number of carbonyl (C=O) groups excluding carboxylic acids is 3. The van der Waals surface area contributed by atoms with Gasteiger partial charge in [0.1, 0.15) is 18.2 Å². The van der Waals surface area contributed by atoms with Crippen LogP contribution >= 0.6 is 0 Å². The van der Waals surface area contributed by atoms with E-state index in [1.54, 1.807) is 50.6 Å². The van der Waals surface area contributed by atoms with Gasteiger partial charge in [-0.1, -0.05) is 50.2 Å². The predicted molar refractivity (Wildman–Crippen MR) is 157 cm³/mol. The van der Waals surface area contributed by atoms with Crippen LogP contribution in [0, 0.1) is 18.8 Å². The summed E-state index contributed by atoms with van der Waals surface area (Å²) in [4.78, 5) is 52.3. The molecule has 0 aliphatic heterocycles. The van der Waals surface area contributed by atoms with Gasteiger partial charge in [0.2, 0.25) is 5.88 Å². The largest absolute Gasteiger partial charge is 0.481 e. The molecule has 0 aliphatic rings. The smallest absolute Gasteiger partial charge is 0.435 e. The summed E-state index contributed by atoms with van der Waals surface area (Å²) < 4.78 is 48.0. The fraction of sp³-hybridized carbons (Fsp3) is 0.323. The second kappa shape index (κ2) is 12.9. The second-order valence-electron chi connectivity index (χ2n) is 10.9. The molecule has 0 radical (unpaired) electrons. The predicted octanol–water partition coefficient (Wildman–Crippen LogP) is 3.69. The molecule has 4 aromatic rings. The Bertz CT molecular complexity index is 1710. The minimum Gasteiger partial charge on any atom is -0.481 e. The van der Waals surface area contributed by atoms with Crippen molar-refractivity contribution in [2.75, 3.05) is 6.61 Å². The van der Waals surface area contributed by atoms with E-state index in [4.69, 9.17) is 10.5 Å². The number of nitrogens with two attached hydrogens (primary N) is 1. The molecule has 1 amide bonds. The van der Waals surface area contributed by atoms with E-state index in [0.717, 1.165) is 15.6 Å². The van der Waals surface area contributed by atoms with Crippen molar-refractivity contribution < 1.29 is 42.2 Å². The van der Waals surface area contributed by atoms with Crippen molar-refractivity contribution in [3.05, 3.63) is 77.6 Å². The number of alkyl halides is 3. The van der Waals surface area contributed by atoms with Crippen LogP contribution in [0.4, 0.5) is 13.2 Å². The number of carboxylic acids is 1. The van der Waals surface area contributed by atoms with Crippen LogP contribution in [0.2, 0.25) is 0 Å². The standard InChI is InChI=1S/C31H32F3N5O6/c1-16(2)26(36-29(42)27-17(3)19-12-8-9-13-20(19)38(27)4)28(41)24(30(43)44)25(35)21(40)15-45-23-14-22(31(32,33)34)37-39(23)18-10-6-5-7-11-18/h5-14,16,24-26H,15,35H2,1-4H3,(H,36,42)(H,43,44)/t24?,25?,26-/m0/s1. The number of carbonyl (C=O) groups is 4. The molecule has 0 aliphatic carbocycles. The Morgan fingerprint density at radius 2 is 1.67 bits per heavy atom. The van der Waals surface area contributed by atoms with Gasteiger partial charge in [-0.3, -0.25) is 19.2 Å². The van der Waals surface area contributed by atoms with Gasteiger partial charge < -0.3 is 25.5 Å². The SMILES string of the molecule is Cc1c(C(=O)N[C@H](C(=O)C(C(=O)O)C(N)C(=O)COc2cc(C(F)(F)F)nn2-c2ccccc2)C(C)C)n(C)c2ccccc12. The molecule has 2 heterocycles. The molecule has 0 saturated carbocycles.